The van der Waals surface area contributed by atoms with E-state index in [1.54, 1.807) is 0 Å². The Morgan fingerprint density at radius 2 is 1.88 bits per heavy atom. The van der Waals surface area contributed by atoms with Crippen LogP contribution < -0.4 is 0 Å². The van der Waals surface area contributed by atoms with Gasteiger partial charge in [-0.3, -0.25) is 4.18 Å². The highest BCUT2D eigenvalue weighted by Gasteiger charge is 2.09. The number of aryl methyl sites for hydroxylation is 1. The molecule has 5 heteroatoms. The molecule has 0 aliphatic carbocycles. The average Bonchev–Trinajstić information content (AvgIpc) is 2.26. The normalized spacial score (nSPS) is 11.6. The van der Waals surface area contributed by atoms with Crippen LogP contribution in [0.15, 0.2) is 30.3 Å². The van der Waals surface area contributed by atoms with Crippen molar-refractivity contribution in [3.05, 3.63) is 35.9 Å². The van der Waals surface area contributed by atoms with Crippen molar-refractivity contribution in [3.63, 3.8) is 0 Å². The molecule has 1 rings (SSSR count). The molecule has 1 aromatic rings. The molecule has 0 aliphatic rings. The van der Waals surface area contributed by atoms with E-state index in [9.17, 15) is 12.8 Å². The van der Waals surface area contributed by atoms with E-state index in [0.29, 0.717) is 6.42 Å². The van der Waals surface area contributed by atoms with Crippen LogP contribution in [0.25, 0.3) is 0 Å². The fourth-order valence-corrected chi connectivity index (χ4v) is 1.94. The molecule has 0 aliphatic heterocycles. The van der Waals surface area contributed by atoms with E-state index in [1.165, 1.54) is 0 Å². The second-order valence-corrected chi connectivity index (χ2v) is 5.12. The van der Waals surface area contributed by atoms with Gasteiger partial charge in [-0.25, -0.2) is 4.39 Å². The van der Waals surface area contributed by atoms with E-state index in [-0.39, 0.29) is 6.61 Å². The second kappa shape index (κ2) is 6.60. The van der Waals surface area contributed by atoms with Crippen molar-refractivity contribution in [2.24, 2.45) is 0 Å². The van der Waals surface area contributed by atoms with Crippen LogP contribution in [0, 0.1) is 0 Å². The topological polar surface area (TPSA) is 43.4 Å². The Hall–Kier alpha value is -0.940. The summed E-state index contributed by atoms with van der Waals surface area (Å²) in [6, 6.07) is 9.71. The molecule has 90 valence electrons. The monoisotopic (exact) mass is 246 g/mol. The van der Waals surface area contributed by atoms with E-state index < -0.39 is 22.5 Å². The molecule has 16 heavy (non-hydrogen) atoms. The summed E-state index contributed by atoms with van der Waals surface area (Å²) in [7, 11) is -3.66. The molecule has 0 spiro atoms. The molecule has 3 nitrogen and oxygen atoms in total. The van der Waals surface area contributed by atoms with Gasteiger partial charge in [0.05, 0.1) is 6.61 Å². The zero-order chi connectivity index (χ0) is 11.9. The first-order chi connectivity index (χ1) is 7.64. The van der Waals surface area contributed by atoms with E-state index in [4.69, 9.17) is 0 Å². The van der Waals surface area contributed by atoms with Gasteiger partial charge in [0.1, 0.15) is 12.4 Å². The molecule has 0 bridgehead atoms. The lowest BCUT2D eigenvalue weighted by Gasteiger charge is -2.03. The summed E-state index contributed by atoms with van der Waals surface area (Å²) in [4.78, 5) is 0. The van der Waals surface area contributed by atoms with Gasteiger partial charge in [-0.05, 0) is 18.4 Å². The van der Waals surface area contributed by atoms with Crippen molar-refractivity contribution in [3.8, 4) is 0 Å². The Balaban J connectivity index is 2.22. The molecule has 0 amide bonds. The van der Waals surface area contributed by atoms with Crippen molar-refractivity contribution in [2.45, 2.75) is 12.8 Å². The molecule has 0 unspecified atom stereocenters. The molecular weight excluding hydrogens is 231 g/mol. The molecule has 0 aromatic heterocycles. The third-order valence-electron chi connectivity index (χ3n) is 2.04. The number of benzene rings is 1. The van der Waals surface area contributed by atoms with Crippen molar-refractivity contribution >= 4 is 10.1 Å². The van der Waals surface area contributed by atoms with Gasteiger partial charge in [0.2, 0.25) is 0 Å². The number of halogens is 1. The summed E-state index contributed by atoms with van der Waals surface area (Å²) in [5.74, 6) is -0.557. The largest absolute Gasteiger partial charge is 0.270 e. The molecular formula is C11H15FO3S. The maximum absolute atomic E-state index is 11.8. The van der Waals surface area contributed by atoms with E-state index in [0.717, 1.165) is 12.0 Å². The van der Waals surface area contributed by atoms with Crippen molar-refractivity contribution in [1.82, 2.24) is 0 Å². The van der Waals surface area contributed by atoms with Crippen molar-refractivity contribution in [1.29, 1.82) is 0 Å². The van der Waals surface area contributed by atoms with Crippen LogP contribution in [0.3, 0.4) is 0 Å². The molecule has 0 atom stereocenters. The third kappa shape index (κ3) is 5.23. The fraction of sp³-hybridized carbons (Fsp3) is 0.455. The smallest absolute Gasteiger partial charge is 0.269 e. The predicted molar refractivity (Wildman–Crippen MR) is 60.5 cm³/mol. The summed E-state index contributed by atoms with van der Waals surface area (Å²) in [6.45, 7) is -0.793. The first-order valence-corrected chi connectivity index (χ1v) is 6.69. The van der Waals surface area contributed by atoms with Crippen LogP contribution in [-0.4, -0.2) is 27.5 Å². The minimum Gasteiger partial charge on any atom is -0.270 e. The first kappa shape index (κ1) is 13.1. The highest BCUT2D eigenvalue weighted by atomic mass is 32.2. The van der Waals surface area contributed by atoms with Gasteiger partial charge >= 0.3 is 0 Å². The molecule has 0 saturated carbocycles. The van der Waals surface area contributed by atoms with Gasteiger partial charge in [0, 0.05) is 0 Å². The Labute approximate surface area is 95.4 Å². The van der Waals surface area contributed by atoms with E-state index in [1.807, 2.05) is 30.3 Å². The zero-order valence-electron chi connectivity index (χ0n) is 8.93. The van der Waals surface area contributed by atoms with Crippen LogP contribution in [0.2, 0.25) is 0 Å². The minimum atomic E-state index is -3.66. The first-order valence-electron chi connectivity index (χ1n) is 5.11. The van der Waals surface area contributed by atoms with Crippen LogP contribution in [0.4, 0.5) is 4.39 Å². The maximum atomic E-state index is 11.8. The summed E-state index contributed by atoms with van der Waals surface area (Å²) in [6.07, 6.45) is 1.36. The predicted octanol–water partition coefficient (Wildman–Crippen LogP) is 1.94. The summed E-state index contributed by atoms with van der Waals surface area (Å²) in [5.41, 5.74) is 1.13. The quantitative estimate of drug-likeness (QED) is 0.545. The number of alkyl halides is 1. The van der Waals surface area contributed by atoms with Crippen molar-refractivity contribution in [2.75, 3.05) is 19.0 Å². The SMILES string of the molecule is O=S(=O)(CCF)OCCCc1ccccc1. The van der Waals surface area contributed by atoms with Gasteiger partial charge in [0.25, 0.3) is 10.1 Å². The zero-order valence-corrected chi connectivity index (χ0v) is 9.75. The molecule has 0 saturated heterocycles. The van der Waals surface area contributed by atoms with Gasteiger partial charge in [-0.1, -0.05) is 30.3 Å². The van der Waals surface area contributed by atoms with Crippen LogP contribution in [0.5, 0.6) is 0 Å². The van der Waals surface area contributed by atoms with Gasteiger partial charge in [0.15, 0.2) is 0 Å². The maximum Gasteiger partial charge on any atom is 0.269 e. The number of hydrogen-bond acceptors (Lipinski definition) is 3. The van der Waals surface area contributed by atoms with Crippen molar-refractivity contribution < 1.29 is 17.0 Å². The molecule has 0 N–H and O–H groups in total. The highest BCUT2D eigenvalue weighted by Crippen LogP contribution is 2.03. The highest BCUT2D eigenvalue weighted by molar-refractivity contribution is 7.86. The van der Waals surface area contributed by atoms with Crippen LogP contribution in [-0.2, 0) is 20.7 Å². The van der Waals surface area contributed by atoms with Crippen LogP contribution in [0.1, 0.15) is 12.0 Å². The summed E-state index contributed by atoms with van der Waals surface area (Å²) < 4.78 is 38.4. The molecule has 0 fully saturated rings. The fourth-order valence-electron chi connectivity index (χ4n) is 1.26. The Bertz CT molecular complexity index is 389. The number of hydrogen-bond donors (Lipinski definition) is 0. The van der Waals surface area contributed by atoms with Gasteiger partial charge in [-0.2, -0.15) is 8.42 Å². The standard InChI is InChI=1S/C11H15FO3S/c12-8-10-16(13,14)15-9-4-7-11-5-2-1-3-6-11/h1-3,5-6H,4,7-10H2. The van der Waals surface area contributed by atoms with Crippen LogP contribution >= 0.6 is 0 Å². The third-order valence-corrected chi connectivity index (χ3v) is 3.22. The molecule has 0 heterocycles. The summed E-state index contributed by atoms with van der Waals surface area (Å²) in [5, 5.41) is 0. The molecule has 1 aromatic carbocycles. The Morgan fingerprint density at radius 3 is 2.50 bits per heavy atom. The van der Waals surface area contributed by atoms with Gasteiger partial charge < -0.3 is 0 Å². The molecule has 0 radical (unpaired) electrons. The summed E-state index contributed by atoms with van der Waals surface area (Å²) >= 11 is 0. The Morgan fingerprint density at radius 1 is 1.19 bits per heavy atom. The number of rotatable bonds is 7. The minimum absolute atomic E-state index is 0.108. The lowest BCUT2D eigenvalue weighted by molar-refractivity contribution is 0.309. The average molecular weight is 246 g/mol. The lowest BCUT2D eigenvalue weighted by Crippen LogP contribution is -2.13. The van der Waals surface area contributed by atoms with E-state index in [2.05, 4.69) is 4.18 Å². The van der Waals surface area contributed by atoms with E-state index >= 15 is 0 Å². The van der Waals surface area contributed by atoms with Gasteiger partial charge in [-0.15, -0.1) is 0 Å². The lowest BCUT2D eigenvalue weighted by atomic mass is 10.1. The Kier molecular flexibility index (Phi) is 5.42. The second-order valence-electron chi connectivity index (χ2n) is 3.36.